The van der Waals surface area contributed by atoms with Gasteiger partial charge in [0.25, 0.3) is 0 Å². The van der Waals surface area contributed by atoms with Crippen LogP contribution < -0.4 is 5.32 Å². The zero-order valence-electron chi connectivity index (χ0n) is 9.48. The number of nitrogens with zero attached hydrogens (tertiary/aromatic N) is 1. The van der Waals surface area contributed by atoms with E-state index in [2.05, 4.69) is 17.1 Å². The maximum atomic E-state index is 9.09. The van der Waals surface area contributed by atoms with E-state index in [9.17, 15) is 0 Å². The molecule has 0 aliphatic carbocycles. The minimum Gasteiger partial charge on any atom is -0.394 e. The standard InChI is InChI=1S/C11H22N2O2/c1-9-8-15-11(7-14)6-13(9)5-10-3-2-4-12-10/h9-12,14H,2-8H2,1H3. The summed E-state index contributed by atoms with van der Waals surface area (Å²) >= 11 is 0. The molecule has 4 heteroatoms. The van der Waals surface area contributed by atoms with E-state index < -0.39 is 0 Å². The van der Waals surface area contributed by atoms with E-state index in [0.717, 1.165) is 26.2 Å². The molecule has 2 aliphatic heterocycles. The molecule has 0 aromatic rings. The monoisotopic (exact) mass is 214 g/mol. The molecule has 2 heterocycles. The van der Waals surface area contributed by atoms with Crippen LogP contribution in [-0.4, -0.2) is 61.0 Å². The molecule has 0 saturated carbocycles. The number of ether oxygens (including phenoxy) is 1. The normalized spacial score (nSPS) is 38.4. The fourth-order valence-corrected chi connectivity index (χ4v) is 2.44. The van der Waals surface area contributed by atoms with Crippen molar-refractivity contribution in [3.8, 4) is 0 Å². The zero-order chi connectivity index (χ0) is 10.7. The molecule has 2 aliphatic rings. The number of aliphatic hydroxyl groups is 1. The third-order valence-corrected chi connectivity index (χ3v) is 3.46. The van der Waals surface area contributed by atoms with Crippen molar-refractivity contribution in [3.63, 3.8) is 0 Å². The molecule has 3 atom stereocenters. The Morgan fingerprint density at radius 1 is 1.53 bits per heavy atom. The van der Waals surface area contributed by atoms with E-state index >= 15 is 0 Å². The van der Waals surface area contributed by atoms with Crippen molar-refractivity contribution in [3.05, 3.63) is 0 Å². The Morgan fingerprint density at radius 3 is 3.07 bits per heavy atom. The lowest BCUT2D eigenvalue weighted by atomic mass is 10.1. The van der Waals surface area contributed by atoms with Gasteiger partial charge in [-0.2, -0.15) is 0 Å². The topological polar surface area (TPSA) is 44.7 Å². The molecule has 0 aromatic carbocycles. The summed E-state index contributed by atoms with van der Waals surface area (Å²) in [6.45, 7) is 6.21. The number of hydrogen-bond donors (Lipinski definition) is 2. The smallest absolute Gasteiger partial charge is 0.0933 e. The number of nitrogens with one attached hydrogen (secondary N) is 1. The van der Waals surface area contributed by atoms with Crippen molar-refractivity contribution in [1.29, 1.82) is 0 Å². The molecule has 4 nitrogen and oxygen atoms in total. The van der Waals surface area contributed by atoms with Crippen LogP contribution in [0, 0.1) is 0 Å². The molecule has 2 rings (SSSR count). The first kappa shape index (κ1) is 11.3. The Labute approximate surface area is 91.6 Å². The van der Waals surface area contributed by atoms with Crippen molar-refractivity contribution in [2.45, 2.75) is 38.0 Å². The van der Waals surface area contributed by atoms with Gasteiger partial charge in [-0.05, 0) is 26.3 Å². The molecule has 0 aromatic heterocycles. The van der Waals surface area contributed by atoms with E-state index in [1.165, 1.54) is 12.8 Å². The summed E-state index contributed by atoms with van der Waals surface area (Å²) < 4.78 is 5.52. The van der Waals surface area contributed by atoms with Crippen LogP contribution in [0.4, 0.5) is 0 Å². The van der Waals surface area contributed by atoms with Gasteiger partial charge in [0, 0.05) is 25.2 Å². The first-order valence-corrected chi connectivity index (χ1v) is 5.99. The van der Waals surface area contributed by atoms with Gasteiger partial charge in [-0.15, -0.1) is 0 Å². The van der Waals surface area contributed by atoms with Crippen molar-refractivity contribution < 1.29 is 9.84 Å². The van der Waals surface area contributed by atoms with Crippen LogP contribution in [0.5, 0.6) is 0 Å². The molecule has 88 valence electrons. The molecular formula is C11H22N2O2. The van der Waals surface area contributed by atoms with Crippen molar-refractivity contribution in [2.24, 2.45) is 0 Å². The highest BCUT2D eigenvalue weighted by molar-refractivity contribution is 4.83. The molecule has 2 saturated heterocycles. The van der Waals surface area contributed by atoms with E-state index in [-0.39, 0.29) is 12.7 Å². The van der Waals surface area contributed by atoms with Crippen LogP contribution >= 0.6 is 0 Å². The molecule has 0 bridgehead atoms. The first-order valence-electron chi connectivity index (χ1n) is 5.99. The van der Waals surface area contributed by atoms with E-state index in [4.69, 9.17) is 9.84 Å². The maximum Gasteiger partial charge on any atom is 0.0933 e. The van der Waals surface area contributed by atoms with Gasteiger partial charge < -0.3 is 15.2 Å². The molecule has 2 fully saturated rings. The molecule has 0 radical (unpaired) electrons. The second-order valence-electron chi connectivity index (χ2n) is 4.73. The minimum atomic E-state index is 0.0163. The first-order chi connectivity index (χ1) is 7.29. The van der Waals surface area contributed by atoms with Crippen LogP contribution in [-0.2, 0) is 4.74 Å². The second kappa shape index (κ2) is 5.25. The molecule has 15 heavy (non-hydrogen) atoms. The predicted molar refractivity (Wildman–Crippen MR) is 58.9 cm³/mol. The van der Waals surface area contributed by atoms with Gasteiger partial charge in [-0.3, -0.25) is 4.90 Å². The Kier molecular flexibility index (Phi) is 3.97. The van der Waals surface area contributed by atoms with Crippen molar-refractivity contribution in [1.82, 2.24) is 10.2 Å². The van der Waals surface area contributed by atoms with E-state index in [1.54, 1.807) is 0 Å². The summed E-state index contributed by atoms with van der Waals surface area (Å²) in [7, 11) is 0. The fraction of sp³-hybridized carbons (Fsp3) is 1.00. The average Bonchev–Trinajstić information content (AvgIpc) is 2.74. The SMILES string of the molecule is CC1COC(CO)CN1CC1CCCN1. The van der Waals surface area contributed by atoms with Crippen LogP contribution in [0.3, 0.4) is 0 Å². The quantitative estimate of drug-likeness (QED) is 0.684. The molecule has 2 N–H and O–H groups in total. The number of rotatable bonds is 3. The Morgan fingerprint density at radius 2 is 2.40 bits per heavy atom. The van der Waals surface area contributed by atoms with Crippen molar-refractivity contribution in [2.75, 3.05) is 32.8 Å². The summed E-state index contributed by atoms with van der Waals surface area (Å²) in [4.78, 5) is 2.44. The number of aliphatic hydroxyl groups excluding tert-OH is 1. The highest BCUT2D eigenvalue weighted by Crippen LogP contribution is 2.14. The zero-order valence-corrected chi connectivity index (χ0v) is 9.48. The minimum absolute atomic E-state index is 0.0163. The lowest BCUT2D eigenvalue weighted by Gasteiger charge is -2.38. The van der Waals surface area contributed by atoms with Gasteiger partial charge in [0.05, 0.1) is 19.3 Å². The van der Waals surface area contributed by atoms with Crippen LogP contribution in [0.1, 0.15) is 19.8 Å². The number of hydrogen-bond acceptors (Lipinski definition) is 4. The summed E-state index contributed by atoms with van der Waals surface area (Å²) in [5, 5.41) is 12.6. The lowest BCUT2D eigenvalue weighted by molar-refractivity contribution is -0.0793. The van der Waals surface area contributed by atoms with E-state index in [1.807, 2.05) is 0 Å². The molecule has 0 amide bonds. The fourth-order valence-electron chi connectivity index (χ4n) is 2.44. The Bertz CT molecular complexity index is 195. The Hall–Kier alpha value is -0.160. The Balaban J connectivity index is 1.82. The van der Waals surface area contributed by atoms with E-state index in [0.29, 0.717) is 12.1 Å². The van der Waals surface area contributed by atoms with Gasteiger partial charge in [0.15, 0.2) is 0 Å². The average molecular weight is 214 g/mol. The van der Waals surface area contributed by atoms with Crippen molar-refractivity contribution >= 4 is 0 Å². The lowest BCUT2D eigenvalue weighted by Crippen LogP contribution is -2.52. The summed E-state index contributed by atoms with van der Waals surface area (Å²) in [6.07, 6.45) is 2.60. The van der Waals surface area contributed by atoms with Crippen LogP contribution in [0.2, 0.25) is 0 Å². The summed E-state index contributed by atoms with van der Waals surface area (Å²) in [5.41, 5.74) is 0. The maximum absolute atomic E-state index is 9.09. The highest BCUT2D eigenvalue weighted by Gasteiger charge is 2.28. The van der Waals surface area contributed by atoms with Crippen LogP contribution in [0.15, 0.2) is 0 Å². The van der Waals surface area contributed by atoms with Gasteiger partial charge in [0.2, 0.25) is 0 Å². The summed E-state index contributed by atoms with van der Waals surface area (Å²) in [5.74, 6) is 0. The summed E-state index contributed by atoms with van der Waals surface area (Å²) in [6, 6.07) is 1.13. The van der Waals surface area contributed by atoms with Crippen LogP contribution in [0.25, 0.3) is 0 Å². The number of morpholine rings is 1. The third kappa shape index (κ3) is 2.91. The highest BCUT2D eigenvalue weighted by atomic mass is 16.5. The third-order valence-electron chi connectivity index (χ3n) is 3.46. The molecule has 3 unspecified atom stereocenters. The largest absolute Gasteiger partial charge is 0.394 e. The molecule has 0 spiro atoms. The van der Waals surface area contributed by atoms with Gasteiger partial charge in [-0.1, -0.05) is 0 Å². The second-order valence-corrected chi connectivity index (χ2v) is 4.73. The van der Waals surface area contributed by atoms with Gasteiger partial charge in [0.1, 0.15) is 0 Å². The predicted octanol–water partition coefficient (Wildman–Crippen LogP) is -0.180. The van der Waals surface area contributed by atoms with Gasteiger partial charge in [-0.25, -0.2) is 0 Å². The van der Waals surface area contributed by atoms with Gasteiger partial charge >= 0.3 is 0 Å². The molecular weight excluding hydrogens is 192 g/mol.